The van der Waals surface area contributed by atoms with Crippen molar-refractivity contribution in [2.45, 2.75) is 25.1 Å². The number of hydrogen-bond acceptors (Lipinski definition) is 1. The lowest BCUT2D eigenvalue weighted by atomic mass is 9.80. The van der Waals surface area contributed by atoms with Crippen molar-refractivity contribution < 1.29 is 13.2 Å². The Kier molecular flexibility index (Phi) is 1.42. The maximum atomic E-state index is 11.7. The van der Waals surface area contributed by atoms with Crippen LogP contribution in [0.25, 0.3) is 0 Å². The van der Waals surface area contributed by atoms with Crippen LogP contribution < -0.4 is 5.73 Å². The van der Waals surface area contributed by atoms with E-state index in [2.05, 4.69) is 0 Å². The van der Waals surface area contributed by atoms with Gasteiger partial charge in [0.2, 0.25) is 0 Å². The molecule has 0 saturated heterocycles. The molecule has 1 aliphatic rings. The molecule has 2 N–H and O–H groups in total. The third-order valence-electron chi connectivity index (χ3n) is 1.75. The molecule has 1 aliphatic carbocycles. The maximum absolute atomic E-state index is 11.7. The summed E-state index contributed by atoms with van der Waals surface area (Å²) in [6.45, 7) is 0. The van der Waals surface area contributed by atoms with Crippen LogP contribution in [0.3, 0.4) is 0 Å². The predicted octanol–water partition coefficient (Wildman–Crippen LogP) is 1.29. The van der Waals surface area contributed by atoms with Crippen LogP contribution in [0.2, 0.25) is 0 Å². The number of rotatable bonds is 0. The molecule has 0 aliphatic heterocycles. The third-order valence-corrected chi connectivity index (χ3v) is 1.75. The first kappa shape index (κ1) is 6.86. The summed E-state index contributed by atoms with van der Waals surface area (Å²) in [7, 11) is 0. The topological polar surface area (TPSA) is 26.0 Å². The smallest absolute Gasteiger partial charge is 0.327 e. The molecule has 2 atom stereocenters. The zero-order chi connectivity index (χ0) is 7.07. The lowest BCUT2D eigenvalue weighted by molar-refractivity contribution is -0.199. The van der Waals surface area contributed by atoms with Gasteiger partial charge in [-0.2, -0.15) is 13.2 Å². The molecular formula is C5H8F3N. The Labute approximate surface area is 51.0 Å². The lowest BCUT2D eigenvalue weighted by Gasteiger charge is -2.34. The van der Waals surface area contributed by atoms with E-state index in [9.17, 15) is 13.2 Å². The molecule has 0 radical (unpaired) electrons. The van der Waals surface area contributed by atoms with Crippen LogP contribution in [0, 0.1) is 5.92 Å². The Balaban J connectivity index is 2.44. The molecule has 0 aromatic rings. The fourth-order valence-corrected chi connectivity index (χ4v) is 0.932. The largest absolute Gasteiger partial charge is 0.393 e. The van der Waals surface area contributed by atoms with Crippen LogP contribution in [-0.2, 0) is 0 Å². The lowest BCUT2D eigenvalue weighted by Crippen LogP contribution is -2.47. The van der Waals surface area contributed by atoms with E-state index in [1.807, 2.05) is 0 Å². The molecule has 4 heteroatoms. The second kappa shape index (κ2) is 1.87. The number of hydrogen-bond donors (Lipinski definition) is 1. The van der Waals surface area contributed by atoms with Gasteiger partial charge in [0.25, 0.3) is 0 Å². The second-order valence-electron chi connectivity index (χ2n) is 2.39. The van der Waals surface area contributed by atoms with Gasteiger partial charge in [-0.25, -0.2) is 0 Å². The van der Waals surface area contributed by atoms with Crippen LogP contribution in [0.15, 0.2) is 0 Å². The number of nitrogens with two attached hydrogens (primary N) is 1. The average Bonchev–Trinajstić information content (AvgIpc) is 1.57. The standard InChI is InChI=1S/C5H8F3N/c6-5(7,8)3-1-2-4(3)9/h3-4H,1-2,9H2/t3-,4-/m1/s1. The van der Waals surface area contributed by atoms with E-state index in [-0.39, 0.29) is 6.42 Å². The van der Waals surface area contributed by atoms with Crippen molar-refractivity contribution in [3.05, 3.63) is 0 Å². The van der Waals surface area contributed by atoms with Gasteiger partial charge in [0, 0.05) is 6.04 Å². The van der Waals surface area contributed by atoms with E-state index in [4.69, 9.17) is 5.73 Å². The van der Waals surface area contributed by atoms with Crippen LogP contribution >= 0.6 is 0 Å². The Morgan fingerprint density at radius 2 is 1.78 bits per heavy atom. The minimum atomic E-state index is -4.06. The Morgan fingerprint density at radius 3 is 1.78 bits per heavy atom. The predicted molar refractivity (Wildman–Crippen MR) is 26.8 cm³/mol. The summed E-state index contributed by atoms with van der Waals surface area (Å²) in [5.74, 6) is -1.22. The molecule has 0 unspecified atom stereocenters. The molecule has 1 saturated carbocycles. The second-order valence-corrected chi connectivity index (χ2v) is 2.39. The van der Waals surface area contributed by atoms with Gasteiger partial charge in [-0.15, -0.1) is 0 Å². The van der Waals surface area contributed by atoms with Crippen molar-refractivity contribution in [3.8, 4) is 0 Å². The highest BCUT2D eigenvalue weighted by Gasteiger charge is 2.48. The van der Waals surface area contributed by atoms with Gasteiger partial charge in [-0.3, -0.25) is 0 Å². The SMILES string of the molecule is N[C@@H]1CC[C@H]1C(F)(F)F. The third kappa shape index (κ3) is 1.18. The maximum Gasteiger partial charge on any atom is 0.393 e. The highest BCUT2D eigenvalue weighted by atomic mass is 19.4. The van der Waals surface area contributed by atoms with Crippen molar-refractivity contribution in [1.82, 2.24) is 0 Å². The zero-order valence-corrected chi connectivity index (χ0v) is 4.78. The molecule has 1 fully saturated rings. The minimum Gasteiger partial charge on any atom is -0.327 e. The van der Waals surface area contributed by atoms with Crippen molar-refractivity contribution in [2.24, 2.45) is 11.7 Å². The quantitative estimate of drug-likeness (QED) is 0.537. The molecule has 54 valence electrons. The molecule has 0 spiro atoms. The van der Waals surface area contributed by atoms with E-state index in [1.54, 1.807) is 0 Å². The molecule has 1 nitrogen and oxygen atoms in total. The normalized spacial score (nSPS) is 36.0. The van der Waals surface area contributed by atoms with Gasteiger partial charge < -0.3 is 5.73 Å². The Bertz CT molecular complexity index is 109. The van der Waals surface area contributed by atoms with Crippen molar-refractivity contribution in [3.63, 3.8) is 0 Å². The number of halogens is 3. The highest BCUT2D eigenvalue weighted by Crippen LogP contribution is 2.39. The monoisotopic (exact) mass is 139 g/mol. The van der Waals surface area contributed by atoms with Crippen molar-refractivity contribution >= 4 is 0 Å². The van der Waals surface area contributed by atoms with Gasteiger partial charge in [0.05, 0.1) is 5.92 Å². The fourth-order valence-electron chi connectivity index (χ4n) is 0.932. The van der Waals surface area contributed by atoms with Crippen LogP contribution in [0.4, 0.5) is 13.2 Å². The summed E-state index contributed by atoms with van der Waals surface area (Å²) >= 11 is 0. The summed E-state index contributed by atoms with van der Waals surface area (Å²) in [5.41, 5.74) is 5.09. The van der Waals surface area contributed by atoms with Crippen LogP contribution in [0.5, 0.6) is 0 Å². The molecule has 9 heavy (non-hydrogen) atoms. The average molecular weight is 139 g/mol. The van der Waals surface area contributed by atoms with Gasteiger partial charge in [0.1, 0.15) is 0 Å². The first-order valence-electron chi connectivity index (χ1n) is 2.84. The van der Waals surface area contributed by atoms with Crippen molar-refractivity contribution in [2.75, 3.05) is 0 Å². The molecule has 1 rings (SSSR count). The summed E-state index contributed by atoms with van der Waals surface area (Å²) in [4.78, 5) is 0. The van der Waals surface area contributed by atoms with Gasteiger partial charge in [0.15, 0.2) is 0 Å². The van der Waals surface area contributed by atoms with Crippen LogP contribution in [-0.4, -0.2) is 12.2 Å². The molecule has 0 amide bonds. The molecule has 0 aromatic carbocycles. The van der Waals surface area contributed by atoms with Crippen LogP contribution in [0.1, 0.15) is 12.8 Å². The molecular weight excluding hydrogens is 131 g/mol. The van der Waals surface area contributed by atoms with Crippen molar-refractivity contribution in [1.29, 1.82) is 0 Å². The first-order valence-corrected chi connectivity index (χ1v) is 2.84. The van der Waals surface area contributed by atoms with Gasteiger partial charge in [-0.1, -0.05) is 0 Å². The van der Waals surface area contributed by atoms with Gasteiger partial charge >= 0.3 is 6.18 Å². The van der Waals surface area contributed by atoms with E-state index in [0.29, 0.717) is 6.42 Å². The summed E-state index contributed by atoms with van der Waals surface area (Å²) in [6, 6.07) is -0.634. The summed E-state index contributed by atoms with van der Waals surface area (Å²) < 4.78 is 35.0. The van der Waals surface area contributed by atoms with E-state index < -0.39 is 18.1 Å². The minimum absolute atomic E-state index is 0.213. The van der Waals surface area contributed by atoms with E-state index in [1.165, 1.54) is 0 Å². The molecule has 0 bridgehead atoms. The fraction of sp³-hybridized carbons (Fsp3) is 1.00. The summed E-state index contributed by atoms with van der Waals surface area (Å²) in [6.07, 6.45) is -3.33. The Morgan fingerprint density at radius 1 is 1.22 bits per heavy atom. The molecule has 0 aromatic heterocycles. The van der Waals surface area contributed by atoms with Gasteiger partial charge in [-0.05, 0) is 12.8 Å². The number of alkyl halides is 3. The molecule has 0 heterocycles. The summed E-state index contributed by atoms with van der Waals surface area (Å²) in [5, 5.41) is 0. The van der Waals surface area contributed by atoms with E-state index in [0.717, 1.165) is 0 Å². The van der Waals surface area contributed by atoms with E-state index >= 15 is 0 Å². The first-order chi connectivity index (χ1) is 4.02. The Hall–Kier alpha value is -0.250. The zero-order valence-electron chi connectivity index (χ0n) is 4.78. The highest BCUT2D eigenvalue weighted by molar-refractivity contribution is 4.88.